The second-order valence-corrected chi connectivity index (χ2v) is 9.21. The molecule has 33 heavy (non-hydrogen) atoms. The highest BCUT2D eigenvalue weighted by atomic mass is 79.9. The van der Waals surface area contributed by atoms with Crippen molar-refractivity contribution < 1.29 is 23.8 Å². The fourth-order valence-corrected chi connectivity index (χ4v) is 5.31. The molecule has 0 amide bonds. The van der Waals surface area contributed by atoms with Crippen LogP contribution in [0.4, 0.5) is 0 Å². The molecule has 1 heterocycles. The van der Waals surface area contributed by atoms with Gasteiger partial charge in [0, 0.05) is 33.8 Å². The van der Waals surface area contributed by atoms with Gasteiger partial charge in [-0.3, -0.25) is 14.6 Å². The number of hydrogen-bond donors (Lipinski definition) is 0. The Labute approximate surface area is 201 Å². The van der Waals surface area contributed by atoms with Crippen LogP contribution < -0.4 is 9.47 Å². The first kappa shape index (κ1) is 23.2. The van der Waals surface area contributed by atoms with Crippen LogP contribution in [0.2, 0.25) is 0 Å². The van der Waals surface area contributed by atoms with E-state index in [1.165, 1.54) is 7.11 Å². The summed E-state index contributed by atoms with van der Waals surface area (Å²) in [6.07, 6.45) is 0.938. The van der Waals surface area contributed by atoms with Crippen molar-refractivity contribution >= 4 is 33.4 Å². The Morgan fingerprint density at radius 3 is 2.42 bits per heavy atom. The van der Waals surface area contributed by atoms with Crippen molar-refractivity contribution in [3.05, 3.63) is 69.3 Å². The lowest BCUT2D eigenvalue weighted by molar-refractivity contribution is -0.143. The summed E-state index contributed by atoms with van der Waals surface area (Å²) >= 11 is 3.52. The number of carbonyl (C=O) groups is 2. The first-order chi connectivity index (χ1) is 15.9. The van der Waals surface area contributed by atoms with Crippen LogP contribution in [0, 0.1) is 5.92 Å². The Kier molecular flexibility index (Phi) is 6.70. The van der Waals surface area contributed by atoms with Gasteiger partial charge in [-0.15, -0.1) is 0 Å². The fraction of sp³-hybridized carbons (Fsp3) is 0.346. The van der Waals surface area contributed by atoms with Gasteiger partial charge in [0.1, 0.15) is 5.92 Å². The predicted molar refractivity (Wildman–Crippen MR) is 129 cm³/mol. The van der Waals surface area contributed by atoms with E-state index < -0.39 is 11.8 Å². The predicted octanol–water partition coefficient (Wildman–Crippen LogP) is 5.21. The van der Waals surface area contributed by atoms with E-state index in [0.717, 1.165) is 21.3 Å². The number of carbonyl (C=O) groups excluding carboxylic acids is 2. The molecule has 0 spiro atoms. The van der Waals surface area contributed by atoms with Crippen LogP contribution in [0.3, 0.4) is 0 Å². The number of methoxy groups -OCH3 is 3. The standard InChI is InChI=1S/C26H26BrNO5/c1-14-23(26(30)33-4)24(16-6-5-7-18(27)10-16)25-19(28-14)11-17(12-20(25)29)15-8-9-21(31-2)22(13-15)32-3/h5-10,13,17,23-24H,11-12H2,1-4H3/t17-,23?,24+/m0/s1. The maximum atomic E-state index is 13.6. The first-order valence-corrected chi connectivity index (χ1v) is 11.5. The second-order valence-electron chi connectivity index (χ2n) is 8.29. The first-order valence-electron chi connectivity index (χ1n) is 10.7. The average Bonchev–Trinajstić information content (AvgIpc) is 2.82. The van der Waals surface area contributed by atoms with Crippen LogP contribution in [0.15, 0.2) is 63.2 Å². The molecule has 6 nitrogen and oxygen atoms in total. The van der Waals surface area contributed by atoms with Gasteiger partial charge in [0.2, 0.25) is 0 Å². The van der Waals surface area contributed by atoms with Gasteiger partial charge in [-0.05, 0) is 54.7 Å². The third-order valence-corrected chi connectivity index (χ3v) is 6.92. The Hall–Kier alpha value is -2.93. The number of rotatable bonds is 5. The Balaban J connectivity index is 1.79. The van der Waals surface area contributed by atoms with Crippen molar-refractivity contribution in [2.24, 2.45) is 10.9 Å². The minimum Gasteiger partial charge on any atom is -0.493 e. The zero-order valence-electron chi connectivity index (χ0n) is 19.1. The third kappa shape index (κ3) is 4.34. The number of aliphatic imine (C=N–C) groups is 1. The Morgan fingerprint density at radius 2 is 1.76 bits per heavy atom. The highest BCUT2D eigenvalue weighted by molar-refractivity contribution is 9.10. The average molecular weight is 512 g/mol. The van der Waals surface area contributed by atoms with Gasteiger partial charge in [-0.1, -0.05) is 34.1 Å². The third-order valence-electron chi connectivity index (χ3n) is 6.43. The van der Waals surface area contributed by atoms with E-state index in [-0.39, 0.29) is 17.7 Å². The summed E-state index contributed by atoms with van der Waals surface area (Å²) in [7, 11) is 4.56. The van der Waals surface area contributed by atoms with Gasteiger partial charge in [0.15, 0.2) is 17.3 Å². The number of halogens is 1. The molecule has 7 heteroatoms. The molecule has 0 saturated carbocycles. The van der Waals surface area contributed by atoms with Crippen molar-refractivity contribution in [3.63, 3.8) is 0 Å². The van der Waals surface area contributed by atoms with Crippen LogP contribution >= 0.6 is 15.9 Å². The summed E-state index contributed by atoms with van der Waals surface area (Å²) in [5.74, 6) is -0.209. The zero-order valence-corrected chi connectivity index (χ0v) is 20.6. The monoisotopic (exact) mass is 511 g/mol. The Morgan fingerprint density at radius 1 is 1.00 bits per heavy atom. The highest BCUT2D eigenvalue weighted by Crippen LogP contribution is 2.47. The summed E-state index contributed by atoms with van der Waals surface area (Å²) in [6, 6.07) is 13.5. The maximum absolute atomic E-state index is 13.6. The SMILES string of the molecule is COC(=O)C1C(C)=NC2=C(C(=O)C[C@@H](c3ccc(OC)c(OC)c3)C2)[C@@H]1c1cccc(Br)c1. The van der Waals surface area contributed by atoms with Crippen LogP contribution in [-0.4, -0.2) is 38.8 Å². The number of hydrogen-bond acceptors (Lipinski definition) is 6. The van der Waals surface area contributed by atoms with E-state index >= 15 is 0 Å². The van der Waals surface area contributed by atoms with Crippen molar-refractivity contribution in [1.29, 1.82) is 0 Å². The summed E-state index contributed by atoms with van der Waals surface area (Å²) < 4.78 is 16.8. The van der Waals surface area contributed by atoms with E-state index in [1.807, 2.05) is 49.4 Å². The van der Waals surface area contributed by atoms with Crippen LogP contribution in [0.5, 0.6) is 11.5 Å². The van der Waals surface area contributed by atoms with Crippen LogP contribution in [0.1, 0.15) is 42.7 Å². The number of allylic oxidation sites excluding steroid dienone is 2. The molecule has 2 aromatic carbocycles. The van der Waals surface area contributed by atoms with E-state index in [9.17, 15) is 9.59 Å². The van der Waals surface area contributed by atoms with Gasteiger partial charge < -0.3 is 14.2 Å². The van der Waals surface area contributed by atoms with E-state index in [0.29, 0.717) is 35.6 Å². The lowest BCUT2D eigenvalue weighted by Gasteiger charge is -2.36. The molecular formula is C26H26BrNO5. The molecule has 0 bridgehead atoms. The maximum Gasteiger partial charge on any atom is 0.315 e. The molecule has 2 aliphatic rings. The van der Waals surface area contributed by atoms with E-state index in [2.05, 4.69) is 15.9 Å². The van der Waals surface area contributed by atoms with E-state index in [1.54, 1.807) is 14.2 Å². The van der Waals surface area contributed by atoms with Crippen molar-refractivity contribution in [1.82, 2.24) is 0 Å². The van der Waals surface area contributed by atoms with E-state index in [4.69, 9.17) is 19.2 Å². The molecule has 1 aliphatic heterocycles. The topological polar surface area (TPSA) is 74.2 Å². The van der Waals surface area contributed by atoms with Gasteiger partial charge in [-0.2, -0.15) is 0 Å². The number of nitrogens with zero attached hydrogens (tertiary/aromatic N) is 1. The largest absolute Gasteiger partial charge is 0.493 e. The lowest BCUT2D eigenvalue weighted by Crippen LogP contribution is -2.37. The lowest BCUT2D eigenvalue weighted by atomic mass is 9.69. The quantitative estimate of drug-likeness (QED) is 0.514. The van der Waals surface area contributed by atoms with Crippen LogP contribution in [-0.2, 0) is 14.3 Å². The number of Topliss-reactive ketones (excluding diaryl/α,β-unsaturated/α-hetero) is 1. The molecule has 1 aliphatic carbocycles. The molecule has 2 aromatic rings. The fourth-order valence-electron chi connectivity index (χ4n) is 4.89. The number of benzene rings is 2. The summed E-state index contributed by atoms with van der Waals surface area (Å²) in [6.45, 7) is 1.83. The molecule has 172 valence electrons. The molecular weight excluding hydrogens is 486 g/mol. The minimum atomic E-state index is -0.635. The molecule has 0 saturated heterocycles. The molecule has 4 rings (SSSR count). The molecule has 0 radical (unpaired) electrons. The molecule has 3 atom stereocenters. The highest BCUT2D eigenvalue weighted by Gasteiger charge is 2.44. The molecule has 0 aromatic heterocycles. The normalized spacial score (nSPS) is 22.4. The minimum absolute atomic E-state index is 0.00571. The molecule has 1 unspecified atom stereocenters. The second kappa shape index (κ2) is 9.51. The van der Waals surface area contributed by atoms with Gasteiger partial charge in [-0.25, -0.2) is 0 Å². The van der Waals surface area contributed by atoms with Gasteiger partial charge in [0.05, 0.1) is 21.3 Å². The van der Waals surface area contributed by atoms with Crippen molar-refractivity contribution in [3.8, 4) is 11.5 Å². The summed E-state index contributed by atoms with van der Waals surface area (Å²) in [5.41, 5.74) is 3.90. The summed E-state index contributed by atoms with van der Waals surface area (Å²) in [5, 5.41) is 0. The van der Waals surface area contributed by atoms with Crippen molar-refractivity contribution in [2.45, 2.75) is 31.6 Å². The van der Waals surface area contributed by atoms with Crippen molar-refractivity contribution in [2.75, 3.05) is 21.3 Å². The summed E-state index contributed by atoms with van der Waals surface area (Å²) in [4.78, 5) is 31.1. The number of esters is 1. The van der Waals surface area contributed by atoms with Gasteiger partial charge in [0.25, 0.3) is 0 Å². The van der Waals surface area contributed by atoms with Crippen LogP contribution in [0.25, 0.3) is 0 Å². The molecule has 0 fully saturated rings. The number of ether oxygens (including phenoxy) is 3. The number of ketones is 1. The zero-order chi connectivity index (χ0) is 23.7. The smallest absolute Gasteiger partial charge is 0.315 e. The van der Waals surface area contributed by atoms with Gasteiger partial charge >= 0.3 is 5.97 Å². The molecule has 0 N–H and O–H groups in total. The Bertz CT molecular complexity index is 1170.